The molecular weight excluding hydrogens is 310 g/mol. The largest absolute Gasteiger partial charge is 0.496 e. The van der Waals surface area contributed by atoms with Gasteiger partial charge in [0.15, 0.2) is 0 Å². The minimum absolute atomic E-state index is 0.414. The fourth-order valence-corrected chi connectivity index (χ4v) is 2.95. The van der Waals surface area contributed by atoms with Crippen molar-refractivity contribution in [1.82, 2.24) is 5.32 Å². The Hall–Kier alpha value is -2.26. The highest BCUT2D eigenvalue weighted by Gasteiger charge is 2.10. The second kappa shape index (κ2) is 9.90. The van der Waals surface area contributed by atoms with Gasteiger partial charge in [0.2, 0.25) is 0 Å². The lowest BCUT2D eigenvalue weighted by Crippen LogP contribution is -2.27. The second-order valence-electron chi connectivity index (χ2n) is 6.48. The van der Waals surface area contributed by atoms with Gasteiger partial charge in [0.25, 0.3) is 0 Å². The first-order valence-electron chi connectivity index (χ1n) is 8.70. The summed E-state index contributed by atoms with van der Waals surface area (Å²) in [6.45, 7) is 7.81. The third-order valence-corrected chi connectivity index (χ3v) is 4.30. The van der Waals surface area contributed by atoms with Crippen LogP contribution in [0.15, 0.2) is 60.8 Å². The molecule has 3 heteroatoms. The summed E-state index contributed by atoms with van der Waals surface area (Å²) in [4.78, 5) is 0. The summed E-state index contributed by atoms with van der Waals surface area (Å²) >= 11 is 0. The van der Waals surface area contributed by atoms with E-state index in [1.807, 2.05) is 6.07 Å². The number of rotatable bonds is 10. The van der Waals surface area contributed by atoms with Gasteiger partial charge in [-0.2, -0.15) is 0 Å². The fourth-order valence-electron chi connectivity index (χ4n) is 2.95. The molecule has 0 amide bonds. The third kappa shape index (κ3) is 6.28. The van der Waals surface area contributed by atoms with Crippen molar-refractivity contribution >= 4 is 0 Å². The Labute approximate surface area is 151 Å². The molecule has 0 spiro atoms. The van der Waals surface area contributed by atoms with E-state index in [2.05, 4.69) is 61.3 Å². The predicted octanol–water partition coefficient (Wildman–Crippen LogP) is 4.15. The standard InChI is InChI=1S/C22H29NO2/c1-17-10-11-20(14-22(17)25-4)12-18(2)23-15-21(16-24-3)13-19-8-6-5-7-9-19/h5-11,14,21,23H,2,12-13,15-16H2,1,3-4H3. The van der Waals surface area contributed by atoms with Crippen LogP contribution in [0.25, 0.3) is 0 Å². The van der Waals surface area contributed by atoms with Crippen molar-refractivity contribution in [3.05, 3.63) is 77.5 Å². The molecule has 0 fully saturated rings. The van der Waals surface area contributed by atoms with Crippen LogP contribution in [0.4, 0.5) is 0 Å². The minimum Gasteiger partial charge on any atom is -0.496 e. The number of nitrogens with one attached hydrogen (secondary N) is 1. The zero-order valence-corrected chi connectivity index (χ0v) is 15.5. The van der Waals surface area contributed by atoms with E-state index >= 15 is 0 Å². The number of methoxy groups -OCH3 is 2. The number of aryl methyl sites for hydroxylation is 1. The van der Waals surface area contributed by atoms with Gasteiger partial charge in [-0.25, -0.2) is 0 Å². The van der Waals surface area contributed by atoms with E-state index in [1.54, 1.807) is 14.2 Å². The summed E-state index contributed by atoms with van der Waals surface area (Å²) in [6, 6.07) is 16.8. The molecule has 1 atom stereocenters. The van der Waals surface area contributed by atoms with Crippen LogP contribution in [0, 0.1) is 12.8 Å². The third-order valence-electron chi connectivity index (χ3n) is 4.30. The van der Waals surface area contributed by atoms with Crippen molar-refractivity contribution in [2.45, 2.75) is 19.8 Å². The van der Waals surface area contributed by atoms with Gasteiger partial charge in [-0.1, -0.05) is 49.0 Å². The molecule has 134 valence electrons. The van der Waals surface area contributed by atoms with E-state index < -0.39 is 0 Å². The maximum Gasteiger partial charge on any atom is 0.122 e. The zero-order chi connectivity index (χ0) is 18.1. The molecule has 0 heterocycles. The zero-order valence-electron chi connectivity index (χ0n) is 15.5. The van der Waals surface area contributed by atoms with Crippen molar-refractivity contribution in [2.75, 3.05) is 27.4 Å². The van der Waals surface area contributed by atoms with Gasteiger partial charge in [0.05, 0.1) is 13.7 Å². The SMILES string of the molecule is C=C(Cc1ccc(C)c(OC)c1)NCC(COC)Cc1ccccc1. The Balaban J connectivity index is 1.88. The van der Waals surface area contributed by atoms with Gasteiger partial charge in [-0.15, -0.1) is 0 Å². The highest BCUT2D eigenvalue weighted by atomic mass is 16.5. The molecule has 0 radical (unpaired) electrons. The lowest BCUT2D eigenvalue weighted by molar-refractivity contribution is 0.152. The van der Waals surface area contributed by atoms with Crippen molar-refractivity contribution in [1.29, 1.82) is 0 Å². The van der Waals surface area contributed by atoms with Crippen LogP contribution < -0.4 is 10.1 Å². The first-order valence-corrected chi connectivity index (χ1v) is 8.70. The Kier molecular flexibility index (Phi) is 7.55. The maximum atomic E-state index is 5.40. The lowest BCUT2D eigenvalue weighted by Gasteiger charge is -2.19. The van der Waals surface area contributed by atoms with E-state index in [9.17, 15) is 0 Å². The number of allylic oxidation sites excluding steroid dienone is 1. The van der Waals surface area contributed by atoms with Gasteiger partial charge in [0, 0.05) is 31.7 Å². The monoisotopic (exact) mass is 339 g/mol. The normalized spacial score (nSPS) is 11.8. The quantitative estimate of drug-likeness (QED) is 0.705. The first-order chi connectivity index (χ1) is 12.1. The molecule has 1 unspecified atom stereocenters. The summed E-state index contributed by atoms with van der Waals surface area (Å²) in [5.41, 5.74) is 4.69. The van der Waals surface area contributed by atoms with Crippen molar-refractivity contribution in [3.63, 3.8) is 0 Å². The molecular formula is C22H29NO2. The average Bonchev–Trinajstić information content (AvgIpc) is 2.62. The minimum atomic E-state index is 0.414. The van der Waals surface area contributed by atoms with E-state index in [1.165, 1.54) is 11.1 Å². The van der Waals surface area contributed by atoms with Crippen LogP contribution in [-0.2, 0) is 17.6 Å². The van der Waals surface area contributed by atoms with Crippen LogP contribution >= 0.6 is 0 Å². The van der Waals surface area contributed by atoms with Gasteiger partial charge < -0.3 is 14.8 Å². The summed E-state index contributed by atoms with van der Waals surface area (Å²) in [7, 11) is 3.46. The Morgan fingerprint density at radius 1 is 1.08 bits per heavy atom. The lowest BCUT2D eigenvalue weighted by atomic mass is 9.99. The van der Waals surface area contributed by atoms with E-state index in [4.69, 9.17) is 9.47 Å². The van der Waals surface area contributed by atoms with E-state index in [0.717, 1.165) is 43.0 Å². The van der Waals surface area contributed by atoms with Crippen molar-refractivity contribution in [3.8, 4) is 5.75 Å². The van der Waals surface area contributed by atoms with Crippen molar-refractivity contribution in [2.24, 2.45) is 5.92 Å². The number of benzene rings is 2. The molecule has 3 nitrogen and oxygen atoms in total. The summed E-state index contributed by atoms with van der Waals surface area (Å²) < 4.78 is 10.8. The fraction of sp³-hybridized carbons (Fsp3) is 0.364. The molecule has 0 saturated carbocycles. The summed E-state index contributed by atoms with van der Waals surface area (Å²) in [5, 5.41) is 3.47. The summed E-state index contributed by atoms with van der Waals surface area (Å²) in [5.74, 6) is 1.34. The van der Waals surface area contributed by atoms with Gasteiger partial charge in [0.1, 0.15) is 5.75 Å². The average molecular weight is 339 g/mol. The van der Waals surface area contributed by atoms with Crippen LogP contribution in [0.3, 0.4) is 0 Å². The molecule has 0 aromatic heterocycles. The second-order valence-corrected chi connectivity index (χ2v) is 6.48. The molecule has 0 aliphatic heterocycles. The number of hydrogen-bond acceptors (Lipinski definition) is 3. The van der Waals surface area contributed by atoms with Gasteiger partial charge >= 0.3 is 0 Å². The Morgan fingerprint density at radius 3 is 2.52 bits per heavy atom. The molecule has 1 N–H and O–H groups in total. The topological polar surface area (TPSA) is 30.5 Å². The molecule has 25 heavy (non-hydrogen) atoms. The number of hydrogen-bond donors (Lipinski definition) is 1. The van der Waals surface area contributed by atoms with Crippen LogP contribution in [-0.4, -0.2) is 27.4 Å². The number of ether oxygens (including phenoxy) is 2. The molecule has 2 aromatic rings. The van der Waals surface area contributed by atoms with Crippen LogP contribution in [0.2, 0.25) is 0 Å². The maximum absolute atomic E-state index is 5.40. The predicted molar refractivity (Wildman–Crippen MR) is 104 cm³/mol. The molecule has 0 aliphatic carbocycles. The van der Waals surface area contributed by atoms with E-state index in [0.29, 0.717) is 5.92 Å². The van der Waals surface area contributed by atoms with E-state index in [-0.39, 0.29) is 0 Å². The van der Waals surface area contributed by atoms with Gasteiger partial charge in [-0.05, 0) is 36.1 Å². The molecule has 2 aromatic carbocycles. The first kappa shape index (κ1) is 19.1. The summed E-state index contributed by atoms with van der Waals surface area (Å²) in [6.07, 6.45) is 1.79. The van der Waals surface area contributed by atoms with Crippen LogP contribution in [0.1, 0.15) is 16.7 Å². The van der Waals surface area contributed by atoms with Gasteiger partial charge in [-0.3, -0.25) is 0 Å². The smallest absolute Gasteiger partial charge is 0.122 e. The van der Waals surface area contributed by atoms with Crippen molar-refractivity contribution < 1.29 is 9.47 Å². The highest BCUT2D eigenvalue weighted by molar-refractivity contribution is 5.37. The molecule has 0 aliphatic rings. The highest BCUT2D eigenvalue weighted by Crippen LogP contribution is 2.20. The van der Waals surface area contributed by atoms with Crippen LogP contribution in [0.5, 0.6) is 5.75 Å². The molecule has 2 rings (SSSR count). The Bertz CT molecular complexity index is 667. The Morgan fingerprint density at radius 2 is 1.84 bits per heavy atom. The molecule has 0 bridgehead atoms. The molecule has 0 saturated heterocycles.